The van der Waals surface area contributed by atoms with Crippen molar-refractivity contribution in [3.8, 4) is 11.6 Å². The molecule has 5 nitrogen and oxygen atoms in total. The molecule has 146 valence electrons. The number of hydrogen-bond donors (Lipinski definition) is 2. The van der Waals surface area contributed by atoms with Crippen molar-refractivity contribution in [1.82, 2.24) is 14.9 Å². The Morgan fingerprint density at radius 2 is 1.93 bits per heavy atom. The zero-order valence-electron chi connectivity index (χ0n) is 15.5. The van der Waals surface area contributed by atoms with Gasteiger partial charge in [0.1, 0.15) is 11.6 Å². The molecule has 0 aliphatic rings. The Labute approximate surface area is 165 Å². The van der Waals surface area contributed by atoms with E-state index in [1.54, 1.807) is 31.3 Å². The molecule has 7 heteroatoms. The van der Waals surface area contributed by atoms with Crippen LogP contribution in [0.4, 0.5) is 8.78 Å². The lowest BCUT2D eigenvalue weighted by Gasteiger charge is -2.08. The molecule has 4 rings (SSSR count). The monoisotopic (exact) mass is 393 g/mol. The van der Waals surface area contributed by atoms with Gasteiger partial charge in [0.25, 0.3) is 5.91 Å². The number of carbonyl (C=O) groups excluding carboxylic acids is 1. The van der Waals surface area contributed by atoms with E-state index >= 15 is 0 Å². The summed E-state index contributed by atoms with van der Waals surface area (Å²) in [5.41, 5.74) is 2.18. The second-order valence-corrected chi connectivity index (χ2v) is 6.62. The van der Waals surface area contributed by atoms with Crippen LogP contribution in [-0.2, 0) is 6.54 Å². The second-order valence-electron chi connectivity index (χ2n) is 6.62. The first-order chi connectivity index (χ1) is 14.0. The van der Waals surface area contributed by atoms with Gasteiger partial charge in [-0.25, -0.2) is 13.8 Å². The molecule has 0 bridgehead atoms. The molecule has 2 aromatic carbocycles. The fraction of sp³-hybridized carbons (Fsp3) is 0.0909. The molecule has 2 N–H and O–H groups in total. The molecule has 2 heterocycles. The number of rotatable bonds is 4. The number of aromatic hydroxyl groups is 1. The van der Waals surface area contributed by atoms with Crippen LogP contribution < -0.4 is 5.32 Å². The van der Waals surface area contributed by atoms with Crippen molar-refractivity contribution in [2.24, 2.45) is 0 Å². The molecule has 0 atom stereocenters. The number of phenolic OH excluding ortho intramolecular Hbond substituents is 1. The van der Waals surface area contributed by atoms with Gasteiger partial charge in [0.15, 0.2) is 11.6 Å². The van der Waals surface area contributed by atoms with Crippen molar-refractivity contribution in [1.29, 1.82) is 0 Å². The maximum absolute atomic E-state index is 13.4. The highest BCUT2D eigenvalue weighted by atomic mass is 19.2. The molecule has 2 aromatic heterocycles. The molecule has 4 aromatic rings. The molecule has 0 aliphatic carbocycles. The first-order valence-electron chi connectivity index (χ1n) is 8.93. The van der Waals surface area contributed by atoms with Gasteiger partial charge in [-0.05, 0) is 55.0 Å². The van der Waals surface area contributed by atoms with Crippen molar-refractivity contribution < 1.29 is 18.7 Å². The van der Waals surface area contributed by atoms with Gasteiger partial charge in [-0.15, -0.1) is 0 Å². The van der Waals surface area contributed by atoms with Crippen LogP contribution in [0.15, 0.2) is 60.8 Å². The number of nitrogens with zero attached hydrogens (tertiary/aromatic N) is 2. The number of pyridine rings is 1. The summed E-state index contributed by atoms with van der Waals surface area (Å²) in [4.78, 5) is 17.3. The molecule has 0 saturated heterocycles. The highest BCUT2D eigenvalue weighted by Gasteiger charge is 2.21. The summed E-state index contributed by atoms with van der Waals surface area (Å²) in [6, 6.07) is 13.7. The SMILES string of the molecule is Cc1c(C(=O)NCc2ccc(F)c(F)c2)c2cc(O)ccc2n1-c1ccccn1. The Balaban J connectivity index is 1.74. The topological polar surface area (TPSA) is 67.2 Å². The largest absolute Gasteiger partial charge is 0.508 e. The number of hydrogen-bond acceptors (Lipinski definition) is 3. The number of benzene rings is 2. The van der Waals surface area contributed by atoms with Gasteiger partial charge in [0.05, 0.1) is 11.1 Å². The Morgan fingerprint density at radius 1 is 1.10 bits per heavy atom. The summed E-state index contributed by atoms with van der Waals surface area (Å²) in [5, 5.41) is 13.2. The van der Waals surface area contributed by atoms with E-state index in [4.69, 9.17) is 0 Å². The predicted octanol–water partition coefficient (Wildman–Crippen LogP) is 4.25. The van der Waals surface area contributed by atoms with Crippen LogP contribution in [0.1, 0.15) is 21.6 Å². The highest BCUT2D eigenvalue weighted by molar-refractivity contribution is 6.09. The third-order valence-electron chi connectivity index (χ3n) is 4.73. The number of phenols is 1. The number of nitrogens with one attached hydrogen (secondary N) is 1. The minimum atomic E-state index is -0.968. The fourth-order valence-corrected chi connectivity index (χ4v) is 3.39. The zero-order chi connectivity index (χ0) is 20.5. The van der Waals surface area contributed by atoms with E-state index in [0.29, 0.717) is 28.0 Å². The molecule has 0 saturated carbocycles. The maximum Gasteiger partial charge on any atom is 0.254 e. The number of aromatic nitrogens is 2. The fourth-order valence-electron chi connectivity index (χ4n) is 3.39. The van der Waals surface area contributed by atoms with Crippen LogP contribution in [0.2, 0.25) is 0 Å². The maximum atomic E-state index is 13.4. The smallest absolute Gasteiger partial charge is 0.254 e. The summed E-state index contributed by atoms with van der Waals surface area (Å²) >= 11 is 0. The lowest BCUT2D eigenvalue weighted by molar-refractivity contribution is 0.0952. The number of carbonyl (C=O) groups is 1. The van der Waals surface area contributed by atoms with Crippen molar-refractivity contribution in [3.63, 3.8) is 0 Å². The van der Waals surface area contributed by atoms with Crippen molar-refractivity contribution in [2.45, 2.75) is 13.5 Å². The minimum absolute atomic E-state index is 0.0323. The van der Waals surface area contributed by atoms with Crippen LogP contribution in [0, 0.1) is 18.6 Å². The Bertz CT molecular complexity index is 1220. The van der Waals surface area contributed by atoms with Gasteiger partial charge in [0.2, 0.25) is 0 Å². The number of amides is 1. The summed E-state index contributed by atoms with van der Waals surface area (Å²) in [6.45, 7) is 1.82. The average molecular weight is 393 g/mol. The van der Waals surface area contributed by atoms with Crippen LogP contribution in [0.5, 0.6) is 5.75 Å². The first kappa shape index (κ1) is 18.6. The second kappa shape index (κ2) is 7.35. The summed E-state index contributed by atoms with van der Waals surface area (Å²) in [6.07, 6.45) is 1.66. The first-order valence-corrected chi connectivity index (χ1v) is 8.93. The molecule has 29 heavy (non-hydrogen) atoms. The highest BCUT2D eigenvalue weighted by Crippen LogP contribution is 2.31. The Hall–Kier alpha value is -3.74. The van der Waals surface area contributed by atoms with Gasteiger partial charge < -0.3 is 10.4 Å². The van der Waals surface area contributed by atoms with Crippen molar-refractivity contribution >= 4 is 16.8 Å². The molecule has 0 unspecified atom stereocenters. The van der Waals surface area contributed by atoms with Crippen molar-refractivity contribution in [3.05, 3.63) is 89.2 Å². The van der Waals surface area contributed by atoms with Gasteiger partial charge >= 0.3 is 0 Å². The van der Waals surface area contributed by atoms with E-state index in [2.05, 4.69) is 10.3 Å². The lowest BCUT2D eigenvalue weighted by Crippen LogP contribution is -2.23. The van der Waals surface area contributed by atoms with E-state index in [9.17, 15) is 18.7 Å². The van der Waals surface area contributed by atoms with Crippen molar-refractivity contribution in [2.75, 3.05) is 0 Å². The van der Waals surface area contributed by atoms with E-state index in [-0.39, 0.29) is 12.3 Å². The van der Waals surface area contributed by atoms with E-state index in [1.165, 1.54) is 12.1 Å². The van der Waals surface area contributed by atoms with E-state index in [1.807, 2.05) is 16.7 Å². The van der Waals surface area contributed by atoms with Crippen LogP contribution in [-0.4, -0.2) is 20.6 Å². The van der Waals surface area contributed by atoms with Crippen LogP contribution in [0.25, 0.3) is 16.7 Å². The van der Waals surface area contributed by atoms with Gasteiger partial charge in [-0.3, -0.25) is 9.36 Å². The van der Waals surface area contributed by atoms with E-state index < -0.39 is 17.5 Å². The molecule has 0 radical (unpaired) electrons. The molecule has 0 fully saturated rings. The van der Waals surface area contributed by atoms with Gasteiger partial charge in [0, 0.05) is 23.8 Å². The summed E-state index contributed by atoms with van der Waals surface area (Å²) in [7, 11) is 0. The molecular formula is C22H17F2N3O2. The summed E-state index contributed by atoms with van der Waals surface area (Å²) < 4.78 is 28.3. The minimum Gasteiger partial charge on any atom is -0.508 e. The van der Waals surface area contributed by atoms with Crippen LogP contribution >= 0.6 is 0 Å². The summed E-state index contributed by atoms with van der Waals surface area (Å²) in [5.74, 6) is -1.63. The average Bonchev–Trinajstić information content (AvgIpc) is 3.00. The predicted molar refractivity (Wildman–Crippen MR) is 105 cm³/mol. The standard InChI is InChI=1S/C22H17F2N3O2/c1-13-21(22(29)26-12-14-5-7-17(23)18(24)10-14)16-11-15(28)6-8-19(16)27(13)20-4-2-3-9-25-20/h2-11,28H,12H2,1H3,(H,26,29). The number of fused-ring (bicyclic) bond motifs is 1. The Morgan fingerprint density at radius 3 is 2.66 bits per heavy atom. The molecule has 0 spiro atoms. The quantitative estimate of drug-likeness (QED) is 0.545. The van der Waals surface area contributed by atoms with Gasteiger partial charge in [-0.1, -0.05) is 12.1 Å². The zero-order valence-corrected chi connectivity index (χ0v) is 15.5. The van der Waals surface area contributed by atoms with E-state index in [0.717, 1.165) is 17.6 Å². The molecule has 1 amide bonds. The molecule has 0 aliphatic heterocycles. The van der Waals surface area contributed by atoms with Crippen LogP contribution in [0.3, 0.4) is 0 Å². The lowest BCUT2D eigenvalue weighted by atomic mass is 10.1. The third-order valence-corrected chi connectivity index (χ3v) is 4.73. The number of halogens is 2. The third kappa shape index (κ3) is 3.42. The Kier molecular flexibility index (Phi) is 4.72. The normalized spacial score (nSPS) is 11.0. The van der Waals surface area contributed by atoms with Gasteiger partial charge in [-0.2, -0.15) is 0 Å². The molecular weight excluding hydrogens is 376 g/mol.